The molecule has 0 spiro atoms. The van der Waals surface area contributed by atoms with Crippen LogP contribution in [0.4, 0.5) is 0 Å². The van der Waals surface area contributed by atoms with Crippen LogP contribution in [0.25, 0.3) is 0 Å². The summed E-state index contributed by atoms with van der Waals surface area (Å²) in [6.45, 7) is 7.57. The molecule has 0 saturated carbocycles. The molecule has 0 aliphatic carbocycles. The van der Waals surface area contributed by atoms with Crippen molar-refractivity contribution in [2.24, 2.45) is 0 Å². The van der Waals surface area contributed by atoms with Gasteiger partial charge in [-0.3, -0.25) is 9.78 Å². The molecule has 9 heteroatoms. The quantitative estimate of drug-likeness (QED) is 0.346. The average molecular weight is 432 g/mol. The Morgan fingerprint density at radius 2 is 1.19 bits per heavy atom. The van der Waals surface area contributed by atoms with E-state index in [1.165, 1.54) is 12.1 Å². The first-order valence-electron chi connectivity index (χ1n) is 9.54. The Bertz CT molecular complexity index is 772. The van der Waals surface area contributed by atoms with E-state index in [2.05, 4.69) is 6.92 Å². The number of ether oxygens (including phenoxy) is 3. The highest BCUT2D eigenvalue weighted by atomic mass is 17.3. The van der Waals surface area contributed by atoms with E-state index in [1.807, 2.05) is 0 Å². The Kier molecular flexibility index (Phi) is 10.3. The van der Waals surface area contributed by atoms with Crippen molar-refractivity contribution < 1.29 is 43.3 Å². The fraction of sp³-hybridized carbons (Fsp3) is 0.273. The Morgan fingerprint density at radius 3 is 1.61 bits per heavy atom. The molecule has 2 radical (unpaired) electrons. The van der Waals surface area contributed by atoms with Crippen LogP contribution in [0.3, 0.4) is 0 Å². The van der Waals surface area contributed by atoms with E-state index in [9.17, 15) is 9.59 Å². The number of rotatable bonds is 13. The van der Waals surface area contributed by atoms with Gasteiger partial charge in [0, 0.05) is 6.61 Å². The third kappa shape index (κ3) is 7.56. The van der Waals surface area contributed by atoms with Gasteiger partial charge in [-0.25, -0.2) is 9.59 Å². The van der Waals surface area contributed by atoms with Crippen LogP contribution in [0.15, 0.2) is 48.5 Å². The van der Waals surface area contributed by atoms with Gasteiger partial charge in [-0.05, 0) is 45.0 Å². The second-order valence-corrected chi connectivity index (χ2v) is 5.69. The number of benzene rings is 2. The maximum atomic E-state index is 12.3. The largest absolute Gasteiger partial charge is 0.493 e. The van der Waals surface area contributed by atoms with Crippen molar-refractivity contribution in [3.63, 3.8) is 0 Å². The summed E-state index contributed by atoms with van der Waals surface area (Å²) in [5.74, 6) is -1.02. The molecule has 0 atom stereocenters. The van der Waals surface area contributed by atoms with E-state index < -0.39 is 18.2 Å². The standard InChI is InChI=1S/C22H24O9/c1-4-25-15-20(28-30-21(23)16-11-7-9-13-18(16)26-5-2)29-31-22(24)17-12-8-10-14-19(17)27-6-3/h7-14H,1,4-6,15H2,2-3H3. The molecular weight excluding hydrogens is 408 g/mol. The highest BCUT2D eigenvalue weighted by molar-refractivity contribution is 5.92. The summed E-state index contributed by atoms with van der Waals surface area (Å²) in [6.07, 6.45) is -0.423. The Morgan fingerprint density at radius 1 is 0.742 bits per heavy atom. The van der Waals surface area contributed by atoms with Gasteiger partial charge < -0.3 is 14.2 Å². The lowest BCUT2D eigenvalue weighted by Crippen LogP contribution is -2.20. The molecule has 0 saturated heterocycles. The fourth-order valence-corrected chi connectivity index (χ4v) is 2.31. The summed E-state index contributed by atoms with van der Waals surface area (Å²) < 4.78 is 15.8. The zero-order chi connectivity index (χ0) is 22.5. The fourth-order valence-electron chi connectivity index (χ4n) is 2.31. The molecule has 2 aromatic carbocycles. The van der Waals surface area contributed by atoms with Crippen molar-refractivity contribution in [2.75, 3.05) is 26.4 Å². The minimum atomic E-state index is -0.840. The molecular formula is C22H24O9. The zero-order valence-electron chi connectivity index (χ0n) is 17.3. The zero-order valence-corrected chi connectivity index (χ0v) is 17.3. The molecule has 9 nitrogen and oxygen atoms in total. The Hall–Kier alpha value is -3.14. The topological polar surface area (TPSA) is 98.8 Å². The van der Waals surface area contributed by atoms with E-state index in [4.69, 9.17) is 33.8 Å². The number of carbonyl (C=O) groups is 2. The van der Waals surface area contributed by atoms with Crippen molar-refractivity contribution in [3.8, 4) is 11.5 Å². The third-order valence-electron chi connectivity index (χ3n) is 3.60. The molecule has 166 valence electrons. The van der Waals surface area contributed by atoms with E-state index in [0.29, 0.717) is 24.7 Å². The summed E-state index contributed by atoms with van der Waals surface area (Å²) in [7, 11) is 0. The third-order valence-corrected chi connectivity index (χ3v) is 3.60. The smallest absolute Gasteiger partial charge is 0.376 e. The van der Waals surface area contributed by atoms with Gasteiger partial charge in [0.25, 0.3) is 0 Å². The number of para-hydroxylation sites is 2. The number of carbonyl (C=O) groups excluding carboxylic acids is 2. The van der Waals surface area contributed by atoms with Crippen molar-refractivity contribution in [1.82, 2.24) is 0 Å². The first-order chi connectivity index (χ1) is 15.1. The van der Waals surface area contributed by atoms with E-state index in [0.717, 1.165) is 0 Å². The van der Waals surface area contributed by atoms with Crippen LogP contribution in [-0.4, -0.2) is 38.4 Å². The van der Waals surface area contributed by atoms with Gasteiger partial charge in [-0.1, -0.05) is 24.3 Å². The highest BCUT2D eigenvalue weighted by Gasteiger charge is 2.24. The summed E-state index contributed by atoms with van der Waals surface area (Å²) >= 11 is 0. The monoisotopic (exact) mass is 432 g/mol. The van der Waals surface area contributed by atoms with Crippen LogP contribution in [-0.2, 0) is 24.3 Å². The van der Waals surface area contributed by atoms with E-state index in [1.54, 1.807) is 50.2 Å². The second kappa shape index (κ2) is 13.2. The van der Waals surface area contributed by atoms with E-state index in [-0.39, 0.29) is 24.3 Å². The molecule has 0 aliphatic heterocycles. The predicted molar refractivity (Wildman–Crippen MR) is 108 cm³/mol. The molecule has 0 unspecified atom stereocenters. The maximum Gasteiger partial charge on any atom is 0.376 e. The van der Waals surface area contributed by atoms with Gasteiger partial charge in [0.2, 0.25) is 0 Å². The summed E-state index contributed by atoms with van der Waals surface area (Å²) in [4.78, 5) is 44.0. The lowest BCUT2D eigenvalue weighted by atomic mass is 10.2. The Labute approximate surface area is 180 Å². The minimum Gasteiger partial charge on any atom is -0.493 e. The van der Waals surface area contributed by atoms with Crippen molar-refractivity contribution >= 4 is 11.9 Å². The van der Waals surface area contributed by atoms with Gasteiger partial charge in [0.1, 0.15) is 29.2 Å². The van der Waals surface area contributed by atoms with Crippen molar-refractivity contribution in [1.29, 1.82) is 0 Å². The predicted octanol–water partition coefficient (Wildman–Crippen LogP) is 3.70. The molecule has 31 heavy (non-hydrogen) atoms. The molecule has 0 N–H and O–H groups in total. The van der Waals surface area contributed by atoms with E-state index >= 15 is 0 Å². The van der Waals surface area contributed by atoms with Gasteiger partial charge in [-0.2, -0.15) is 0 Å². The maximum absolute atomic E-state index is 12.3. The minimum absolute atomic E-state index is 0.0679. The average Bonchev–Trinajstić information content (AvgIpc) is 2.79. The molecule has 2 aromatic rings. The first-order valence-corrected chi connectivity index (χ1v) is 9.54. The van der Waals surface area contributed by atoms with Crippen LogP contribution in [0.2, 0.25) is 0 Å². The molecule has 0 aliphatic rings. The molecule has 0 fully saturated rings. The van der Waals surface area contributed by atoms with Crippen LogP contribution in [0, 0.1) is 13.2 Å². The van der Waals surface area contributed by atoms with Crippen molar-refractivity contribution in [3.05, 3.63) is 72.9 Å². The molecule has 0 amide bonds. The van der Waals surface area contributed by atoms with Crippen molar-refractivity contribution in [2.45, 2.75) is 13.8 Å². The van der Waals surface area contributed by atoms with Crippen LogP contribution >= 0.6 is 0 Å². The summed E-state index contributed by atoms with van der Waals surface area (Å²) in [6, 6.07) is 13.0. The van der Waals surface area contributed by atoms with Gasteiger partial charge in [0.15, 0.2) is 0 Å². The SMILES string of the molecule is [CH2]COC[C](OOC(=O)c1ccccc1OCC)OOC(=O)c1ccccc1OCC. The van der Waals surface area contributed by atoms with Crippen LogP contribution in [0.5, 0.6) is 11.5 Å². The lowest BCUT2D eigenvalue weighted by Gasteiger charge is -2.14. The molecule has 0 bridgehead atoms. The summed E-state index contributed by atoms with van der Waals surface area (Å²) in [5, 5.41) is 0. The van der Waals surface area contributed by atoms with Crippen LogP contribution < -0.4 is 9.47 Å². The highest BCUT2D eigenvalue weighted by Crippen LogP contribution is 2.22. The van der Waals surface area contributed by atoms with Gasteiger partial charge in [0.05, 0.1) is 13.2 Å². The lowest BCUT2D eigenvalue weighted by molar-refractivity contribution is -0.368. The summed E-state index contributed by atoms with van der Waals surface area (Å²) in [5.41, 5.74) is 0.286. The van der Waals surface area contributed by atoms with Gasteiger partial charge in [-0.15, -0.1) is 9.78 Å². The number of hydrogen-bond acceptors (Lipinski definition) is 9. The molecule has 2 rings (SSSR count). The van der Waals surface area contributed by atoms with Crippen LogP contribution in [0.1, 0.15) is 34.6 Å². The Balaban J connectivity index is 1.98. The number of hydrogen-bond donors (Lipinski definition) is 0. The molecule has 0 heterocycles. The first kappa shape index (κ1) is 24.1. The normalized spacial score (nSPS) is 10.6. The molecule has 0 aromatic heterocycles. The second-order valence-electron chi connectivity index (χ2n) is 5.69. The van der Waals surface area contributed by atoms with Gasteiger partial charge >= 0.3 is 18.2 Å².